The summed E-state index contributed by atoms with van der Waals surface area (Å²) in [4.78, 5) is 34.8. The van der Waals surface area contributed by atoms with E-state index >= 15 is 0 Å². The van der Waals surface area contributed by atoms with Crippen molar-refractivity contribution in [3.8, 4) is 0 Å². The van der Waals surface area contributed by atoms with Crippen LogP contribution in [0.1, 0.15) is 68.6 Å². The van der Waals surface area contributed by atoms with Gasteiger partial charge in [0.25, 0.3) is 0 Å². The largest absolute Gasteiger partial charge is 0.465 e. The Morgan fingerprint density at radius 1 is 0.737 bits per heavy atom. The van der Waals surface area contributed by atoms with Gasteiger partial charge >= 0.3 is 18.2 Å². The lowest BCUT2D eigenvalue weighted by Crippen LogP contribution is -2.27. The molecule has 2 rings (SSSR count). The molecule has 0 unspecified atom stereocenters. The summed E-state index contributed by atoms with van der Waals surface area (Å²) < 4.78 is 14.9. The summed E-state index contributed by atoms with van der Waals surface area (Å²) >= 11 is 11.5. The number of alkyl halides is 2. The van der Waals surface area contributed by atoms with E-state index in [1.54, 1.807) is 71.9 Å². The third-order valence-corrected chi connectivity index (χ3v) is 4.87. The minimum atomic E-state index is -0.598. The number of halogens is 2. The average Bonchev–Trinajstić information content (AvgIpc) is 2.80. The molecule has 0 radical (unpaired) electrons. The van der Waals surface area contributed by atoms with Crippen molar-refractivity contribution in [1.82, 2.24) is 0 Å². The molecule has 9 nitrogen and oxygen atoms in total. The number of carbonyl (C=O) groups is 3. The Kier molecular flexibility index (Phi) is 12.9. The van der Waals surface area contributed by atoms with E-state index in [9.17, 15) is 14.4 Å². The van der Waals surface area contributed by atoms with Gasteiger partial charge in [0.05, 0.1) is 19.3 Å². The second-order valence-corrected chi connectivity index (χ2v) is 10.7. The number of hydrogen-bond donors (Lipinski definition) is 3. The first-order valence-electron chi connectivity index (χ1n) is 11.7. The molecule has 0 bridgehead atoms. The molecular weight excluding hydrogens is 535 g/mol. The van der Waals surface area contributed by atoms with Gasteiger partial charge in [-0.3, -0.25) is 10.6 Å². The van der Waals surface area contributed by atoms with Crippen molar-refractivity contribution >= 4 is 52.7 Å². The fourth-order valence-electron chi connectivity index (χ4n) is 2.92. The van der Waals surface area contributed by atoms with Gasteiger partial charge in [-0.15, -0.1) is 23.2 Å². The third-order valence-electron chi connectivity index (χ3n) is 4.25. The van der Waals surface area contributed by atoms with Gasteiger partial charge in [-0.05, 0) is 88.6 Å². The standard InChI is InChI=1S/C14H18ClNO4.C13H18ClNO3/c1-14(2,3)20-13(18)16-11-6-9(8-15)5-10(7-11)12(17)19-4;1-13(2,3)18-12(17)15-11-5-9(7-14)4-10(6-11)8-16/h5-7H,8H2,1-4H3,(H,16,18);4-6,16H,7-8H2,1-3H3,(H,15,17). The Bertz CT molecular complexity index is 1090. The maximum absolute atomic E-state index is 11.7. The molecule has 2 amide bonds. The van der Waals surface area contributed by atoms with Gasteiger partial charge in [0.2, 0.25) is 0 Å². The summed E-state index contributed by atoms with van der Waals surface area (Å²) in [6.07, 6.45) is -1.13. The Morgan fingerprint density at radius 2 is 1.16 bits per heavy atom. The zero-order chi connectivity index (χ0) is 29.1. The summed E-state index contributed by atoms with van der Waals surface area (Å²) in [5.74, 6) is 0.0363. The van der Waals surface area contributed by atoms with E-state index in [1.807, 2.05) is 0 Å². The van der Waals surface area contributed by atoms with E-state index in [1.165, 1.54) is 13.2 Å². The molecule has 0 aliphatic heterocycles. The molecule has 0 aromatic heterocycles. The maximum atomic E-state index is 11.7. The smallest absolute Gasteiger partial charge is 0.412 e. The zero-order valence-corrected chi connectivity index (χ0v) is 24.2. The highest BCUT2D eigenvalue weighted by Gasteiger charge is 2.18. The monoisotopic (exact) mass is 570 g/mol. The van der Waals surface area contributed by atoms with E-state index in [4.69, 9.17) is 37.8 Å². The topological polar surface area (TPSA) is 123 Å². The predicted octanol–water partition coefficient (Wildman–Crippen LogP) is 6.82. The number of nitrogens with one attached hydrogen (secondary N) is 2. The van der Waals surface area contributed by atoms with Crippen LogP contribution in [0, 0.1) is 0 Å². The summed E-state index contributed by atoms with van der Waals surface area (Å²) in [7, 11) is 1.29. The van der Waals surface area contributed by atoms with Gasteiger partial charge < -0.3 is 19.3 Å². The summed E-state index contributed by atoms with van der Waals surface area (Å²) in [6.45, 7) is 10.6. The number of aliphatic hydroxyl groups is 1. The Balaban J connectivity index is 0.000000382. The minimum absolute atomic E-state index is 0.103. The lowest BCUT2D eigenvalue weighted by Gasteiger charge is -2.20. The molecule has 0 saturated carbocycles. The molecule has 0 fully saturated rings. The minimum Gasteiger partial charge on any atom is -0.465 e. The molecule has 0 aliphatic carbocycles. The van der Waals surface area contributed by atoms with Crippen LogP contribution < -0.4 is 10.6 Å². The number of methoxy groups -OCH3 is 1. The molecule has 0 spiro atoms. The van der Waals surface area contributed by atoms with Crippen molar-refractivity contribution in [2.24, 2.45) is 0 Å². The first-order chi connectivity index (χ1) is 17.6. The third kappa shape index (κ3) is 13.0. The first-order valence-corrected chi connectivity index (χ1v) is 12.7. The van der Waals surface area contributed by atoms with Gasteiger partial charge in [-0.1, -0.05) is 6.07 Å². The molecule has 0 heterocycles. The Labute approximate surface area is 233 Å². The SMILES string of the molecule is CC(C)(C)OC(=O)Nc1cc(CO)cc(CCl)c1.COC(=O)c1cc(CCl)cc(NC(=O)OC(C)(C)C)c1. The van der Waals surface area contributed by atoms with E-state index in [-0.39, 0.29) is 12.5 Å². The van der Waals surface area contributed by atoms with Crippen LogP contribution in [-0.4, -0.2) is 41.6 Å². The van der Waals surface area contributed by atoms with Crippen molar-refractivity contribution in [3.63, 3.8) is 0 Å². The van der Waals surface area contributed by atoms with E-state index in [2.05, 4.69) is 15.4 Å². The van der Waals surface area contributed by atoms with Gasteiger partial charge in [-0.25, -0.2) is 14.4 Å². The normalized spacial score (nSPS) is 11.0. The number of carbonyl (C=O) groups excluding carboxylic acids is 3. The second-order valence-electron chi connectivity index (χ2n) is 10.1. The van der Waals surface area contributed by atoms with Crippen LogP contribution in [0.3, 0.4) is 0 Å². The molecule has 0 aliphatic rings. The molecule has 210 valence electrons. The molecule has 0 atom stereocenters. The highest BCUT2D eigenvalue weighted by molar-refractivity contribution is 6.17. The number of benzene rings is 2. The maximum Gasteiger partial charge on any atom is 0.412 e. The van der Waals surface area contributed by atoms with Gasteiger partial charge in [0, 0.05) is 23.1 Å². The van der Waals surface area contributed by atoms with E-state index in [0.717, 1.165) is 5.56 Å². The van der Waals surface area contributed by atoms with Crippen molar-refractivity contribution in [2.75, 3.05) is 17.7 Å². The molecule has 11 heteroatoms. The number of rotatable bonds is 6. The van der Waals surface area contributed by atoms with Crippen LogP contribution in [0.4, 0.5) is 21.0 Å². The second kappa shape index (κ2) is 14.8. The fraction of sp³-hybridized carbons (Fsp3) is 0.444. The van der Waals surface area contributed by atoms with E-state index in [0.29, 0.717) is 33.9 Å². The van der Waals surface area contributed by atoms with E-state index < -0.39 is 29.4 Å². The van der Waals surface area contributed by atoms with Crippen molar-refractivity contribution in [2.45, 2.75) is 71.1 Å². The number of hydrogen-bond acceptors (Lipinski definition) is 7. The van der Waals surface area contributed by atoms with Crippen LogP contribution in [-0.2, 0) is 32.6 Å². The summed E-state index contributed by atoms with van der Waals surface area (Å²) in [5, 5.41) is 14.3. The highest BCUT2D eigenvalue weighted by atomic mass is 35.5. The number of ether oxygens (including phenoxy) is 3. The van der Waals surface area contributed by atoms with Crippen molar-refractivity contribution in [3.05, 3.63) is 58.7 Å². The van der Waals surface area contributed by atoms with Gasteiger partial charge in [-0.2, -0.15) is 0 Å². The molecule has 3 N–H and O–H groups in total. The van der Waals surface area contributed by atoms with Crippen LogP contribution >= 0.6 is 23.2 Å². The first kappa shape index (κ1) is 33.0. The zero-order valence-electron chi connectivity index (χ0n) is 22.7. The summed E-state index contributed by atoms with van der Waals surface area (Å²) in [5.41, 5.74) is 2.38. The predicted molar refractivity (Wildman–Crippen MR) is 149 cm³/mol. The molecule has 38 heavy (non-hydrogen) atoms. The van der Waals surface area contributed by atoms with Gasteiger partial charge in [0.15, 0.2) is 0 Å². The van der Waals surface area contributed by atoms with Crippen molar-refractivity contribution < 1.29 is 33.7 Å². The molecule has 0 saturated heterocycles. The van der Waals surface area contributed by atoms with Crippen LogP contribution in [0.5, 0.6) is 0 Å². The number of amides is 2. The Morgan fingerprint density at radius 3 is 1.55 bits per heavy atom. The van der Waals surface area contributed by atoms with Crippen LogP contribution in [0.15, 0.2) is 36.4 Å². The van der Waals surface area contributed by atoms with Crippen molar-refractivity contribution in [1.29, 1.82) is 0 Å². The quantitative estimate of drug-likeness (QED) is 0.197. The lowest BCUT2D eigenvalue weighted by molar-refractivity contribution is 0.0595. The molecular formula is C27H36Cl2N2O7. The number of esters is 1. The van der Waals surface area contributed by atoms with Crippen LogP contribution in [0.25, 0.3) is 0 Å². The number of anilines is 2. The van der Waals surface area contributed by atoms with Crippen LogP contribution in [0.2, 0.25) is 0 Å². The molecule has 2 aromatic carbocycles. The van der Waals surface area contributed by atoms with Gasteiger partial charge in [0.1, 0.15) is 11.2 Å². The average molecular weight is 571 g/mol. The summed E-state index contributed by atoms with van der Waals surface area (Å²) in [6, 6.07) is 10.00. The highest BCUT2D eigenvalue weighted by Crippen LogP contribution is 2.20. The lowest BCUT2D eigenvalue weighted by atomic mass is 10.1. The molecule has 2 aromatic rings. The Hall–Kier alpha value is -3.01. The number of aliphatic hydroxyl groups excluding tert-OH is 1. The fourth-order valence-corrected chi connectivity index (χ4v) is 3.23.